The number of hydrogen-bond acceptors (Lipinski definition) is 2. The quantitative estimate of drug-likeness (QED) is 0.864. The normalized spacial score (nSPS) is 12.3. The first kappa shape index (κ1) is 14.7. The number of methoxy groups -OCH3 is 1. The van der Waals surface area contributed by atoms with E-state index in [0.717, 1.165) is 17.7 Å². The minimum absolute atomic E-state index is 0.115. The Morgan fingerprint density at radius 1 is 1.10 bits per heavy atom. The van der Waals surface area contributed by atoms with Gasteiger partial charge in [-0.05, 0) is 35.7 Å². The number of halogens is 1. The molecule has 0 spiro atoms. The van der Waals surface area contributed by atoms with Crippen molar-refractivity contribution in [2.45, 2.75) is 26.1 Å². The highest BCUT2D eigenvalue weighted by molar-refractivity contribution is 5.23. The predicted octanol–water partition coefficient (Wildman–Crippen LogP) is 3.82. The second-order valence-corrected chi connectivity index (χ2v) is 4.91. The molecule has 0 unspecified atom stereocenters. The van der Waals surface area contributed by atoms with E-state index in [-0.39, 0.29) is 11.9 Å². The average Bonchev–Trinajstić information content (AvgIpc) is 2.46. The molecule has 0 saturated heterocycles. The maximum absolute atomic E-state index is 13.2. The van der Waals surface area contributed by atoms with Crippen LogP contribution in [-0.4, -0.2) is 7.11 Å². The zero-order valence-electron chi connectivity index (χ0n) is 11.9. The largest absolute Gasteiger partial charge is 0.380 e. The third-order valence-corrected chi connectivity index (χ3v) is 3.30. The molecule has 0 saturated carbocycles. The lowest BCUT2D eigenvalue weighted by atomic mass is 10.1. The van der Waals surface area contributed by atoms with Crippen LogP contribution in [-0.2, 0) is 17.9 Å². The van der Waals surface area contributed by atoms with Gasteiger partial charge in [-0.2, -0.15) is 0 Å². The summed E-state index contributed by atoms with van der Waals surface area (Å²) in [7, 11) is 1.69. The molecule has 1 atom stereocenters. The number of nitrogens with one attached hydrogen (secondary N) is 1. The third kappa shape index (κ3) is 4.15. The maximum Gasteiger partial charge on any atom is 0.123 e. The predicted molar refractivity (Wildman–Crippen MR) is 78.8 cm³/mol. The molecule has 2 aromatic rings. The van der Waals surface area contributed by atoms with Crippen molar-refractivity contribution in [3.63, 3.8) is 0 Å². The van der Waals surface area contributed by atoms with Crippen LogP contribution in [0.4, 0.5) is 4.39 Å². The van der Waals surface area contributed by atoms with Gasteiger partial charge in [-0.3, -0.25) is 0 Å². The van der Waals surface area contributed by atoms with Crippen molar-refractivity contribution in [2.24, 2.45) is 0 Å². The highest BCUT2D eigenvalue weighted by Gasteiger charge is 2.05. The number of ether oxygens (including phenoxy) is 1. The van der Waals surface area contributed by atoms with Crippen molar-refractivity contribution in [2.75, 3.05) is 7.11 Å². The van der Waals surface area contributed by atoms with E-state index in [0.29, 0.717) is 6.61 Å². The van der Waals surface area contributed by atoms with Crippen LogP contribution in [0.25, 0.3) is 0 Å². The molecule has 0 aromatic heterocycles. The van der Waals surface area contributed by atoms with Gasteiger partial charge in [0.25, 0.3) is 0 Å². The molecule has 106 valence electrons. The number of benzene rings is 2. The summed E-state index contributed by atoms with van der Waals surface area (Å²) in [6.07, 6.45) is 0. The molecular weight excluding hydrogens is 253 g/mol. The Labute approximate surface area is 119 Å². The second kappa shape index (κ2) is 7.17. The second-order valence-electron chi connectivity index (χ2n) is 4.91. The summed E-state index contributed by atoms with van der Waals surface area (Å²) in [5.41, 5.74) is 3.32. The van der Waals surface area contributed by atoms with Crippen molar-refractivity contribution >= 4 is 0 Å². The third-order valence-electron chi connectivity index (χ3n) is 3.30. The molecule has 0 aliphatic carbocycles. The molecule has 2 rings (SSSR count). The van der Waals surface area contributed by atoms with Crippen LogP contribution in [0.1, 0.15) is 29.7 Å². The van der Waals surface area contributed by atoms with Gasteiger partial charge in [-0.1, -0.05) is 36.4 Å². The van der Waals surface area contributed by atoms with E-state index in [2.05, 4.69) is 29.6 Å². The Kier molecular flexibility index (Phi) is 5.27. The highest BCUT2D eigenvalue weighted by atomic mass is 19.1. The lowest BCUT2D eigenvalue weighted by molar-refractivity contribution is 0.185. The fraction of sp³-hybridized carbons (Fsp3) is 0.294. The van der Waals surface area contributed by atoms with Gasteiger partial charge in [-0.25, -0.2) is 4.39 Å². The zero-order valence-corrected chi connectivity index (χ0v) is 11.9. The molecule has 3 heteroatoms. The Hall–Kier alpha value is -1.71. The molecule has 20 heavy (non-hydrogen) atoms. The fourth-order valence-electron chi connectivity index (χ4n) is 2.08. The van der Waals surface area contributed by atoms with E-state index in [1.807, 2.05) is 13.0 Å². The van der Waals surface area contributed by atoms with Gasteiger partial charge in [0.1, 0.15) is 5.82 Å². The molecule has 0 aliphatic heterocycles. The molecular formula is C17H20FNO. The highest BCUT2D eigenvalue weighted by Crippen LogP contribution is 2.14. The van der Waals surface area contributed by atoms with E-state index in [9.17, 15) is 4.39 Å². The van der Waals surface area contributed by atoms with Gasteiger partial charge in [0.15, 0.2) is 0 Å². The maximum atomic E-state index is 13.2. The van der Waals surface area contributed by atoms with Gasteiger partial charge in [-0.15, -0.1) is 0 Å². The first-order valence-electron chi connectivity index (χ1n) is 6.74. The van der Waals surface area contributed by atoms with E-state index in [1.165, 1.54) is 11.6 Å². The topological polar surface area (TPSA) is 21.3 Å². The number of hydrogen-bond donors (Lipinski definition) is 1. The minimum atomic E-state index is -0.194. The minimum Gasteiger partial charge on any atom is -0.380 e. The first-order valence-corrected chi connectivity index (χ1v) is 6.74. The monoisotopic (exact) mass is 273 g/mol. The molecule has 0 bridgehead atoms. The van der Waals surface area contributed by atoms with Crippen molar-refractivity contribution < 1.29 is 9.13 Å². The van der Waals surface area contributed by atoms with Crippen LogP contribution in [0, 0.1) is 5.82 Å². The Morgan fingerprint density at radius 2 is 1.80 bits per heavy atom. The molecule has 1 N–H and O–H groups in total. The van der Waals surface area contributed by atoms with E-state index in [4.69, 9.17) is 4.74 Å². The molecule has 0 radical (unpaired) electrons. The summed E-state index contributed by atoms with van der Waals surface area (Å²) in [5.74, 6) is -0.194. The molecule has 2 aromatic carbocycles. The average molecular weight is 273 g/mol. The van der Waals surface area contributed by atoms with Crippen LogP contribution >= 0.6 is 0 Å². The Balaban J connectivity index is 1.91. The summed E-state index contributed by atoms with van der Waals surface area (Å²) >= 11 is 0. The molecule has 0 amide bonds. The lowest BCUT2D eigenvalue weighted by Crippen LogP contribution is -2.18. The van der Waals surface area contributed by atoms with Gasteiger partial charge in [0.2, 0.25) is 0 Å². The SMILES string of the molecule is COCc1ccc(CN[C@@H](C)c2cccc(F)c2)cc1. The van der Waals surface area contributed by atoms with Gasteiger partial charge < -0.3 is 10.1 Å². The molecule has 2 nitrogen and oxygen atoms in total. The van der Waals surface area contributed by atoms with E-state index < -0.39 is 0 Å². The Bertz CT molecular complexity index is 539. The summed E-state index contributed by atoms with van der Waals surface area (Å²) in [5, 5.41) is 3.40. The first-order chi connectivity index (χ1) is 9.69. The van der Waals surface area contributed by atoms with Gasteiger partial charge >= 0.3 is 0 Å². The summed E-state index contributed by atoms with van der Waals surface area (Å²) in [6.45, 7) is 3.42. The van der Waals surface area contributed by atoms with Crippen LogP contribution in [0.3, 0.4) is 0 Å². The van der Waals surface area contributed by atoms with Gasteiger partial charge in [0, 0.05) is 19.7 Å². The van der Waals surface area contributed by atoms with Crippen molar-refractivity contribution in [3.8, 4) is 0 Å². The van der Waals surface area contributed by atoms with Crippen molar-refractivity contribution in [1.82, 2.24) is 5.32 Å². The van der Waals surface area contributed by atoms with Crippen LogP contribution in [0.2, 0.25) is 0 Å². The Morgan fingerprint density at radius 3 is 2.45 bits per heavy atom. The van der Waals surface area contributed by atoms with Gasteiger partial charge in [0.05, 0.1) is 6.61 Å². The van der Waals surface area contributed by atoms with Crippen LogP contribution in [0.5, 0.6) is 0 Å². The number of rotatable bonds is 6. The molecule has 0 heterocycles. The molecule has 0 fully saturated rings. The smallest absolute Gasteiger partial charge is 0.123 e. The van der Waals surface area contributed by atoms with Crippen molar-refractivity contribution in [3.05, 3.63) is 71.0 Å². The lowest BCUT2D eigenvalue weighted by Gasteiger charge is -2.14. The summed E-state index contributed by atoms with van der Waals surface area (Å²) < 4.78 is 18.3. The standard InChI is InChI=1S/C17H20FNO/c1-13(16-4-3-5-17(18)10-16)19-11-14-6-8-15(9-7-14)12-20-2/h3-10,13,19H,11-12H2,1-2H3/t13-/m0/s1. The van der Waals surface area contributed by atoms with Crippen molar-refractivity contribution in [1.29, 1.82) is 0 Å². The molecule has 0 aliphatic rings. The zero-order chi connectivity index (χ0) is 14.4. The summed E-state index contributed by atoms with van der Waals surface area (Å²) in [4.78, 5) is 0. The van der Waals surface area contributed by atoms with E-state index in [1.54, 1.807) is 19.2 Å². The van der Waals surface area contributed by atoms with Crippen LogP contribution < -0.4 is 5.32 Å². The van der Waals surface area contributed by atoms with Crippen LogP contribution in [0.15, 0.2) is 48.5 Å². The fourth-order valence-corrected chi connectivity index (χ4v) is 2.08. The van der Waals surface area contributed by atoms with E-state index >= 15 is 0 Å². The summed E-state index contributed by atoms with van der Waals surface area (Å²) in [6, 6.07) is 15.1.